The second kappa shape index (κ2) is 9.39. The van der Waals surface area contributed by atoms with Gasteiger partial charge in [0.05, 0.1) is 28.2 Å². The van der Waals surface area contributed by atoms with Gasteiger partial charge in [-0.05, 0) is 50.7 Å². The summed E-state index contributed by atoms with van der Waals surface area (Å²) in [6.45, 7) is 12.9. The maximum absolute atomic E-state index is 12.6. The van der Waals surface area contributed by atoms with Crippen LogP contribution in [-0.2, 0) is 6.54 Å². The molecular weight excluding hydrogens is 410 g/mol. The summed E-state index contributed by atoms with van der Waals surface area (Å²) in [6.07, 6.45) is 0. The molecule has 0 unspecified atom stereocenters. The number of hydrogen-bond acceptors (Lipinski definition) is 4. The van der Waals surface area contributed by atoms with Crippen molar-refractivity contribution in [3.05, 3.63) is 58.9 Å². The molecule has 2 heterocycles. The third-order valence-electron chi connectivity index (χ3n) is 5.93. The third-order valence-corrected chi connectivity index (χ3v) is 6.26. The number of rotatable bonds is 6. The summed E-state index contributed by atoms with van der Waals surface area (Å²) < 4.78 is 2.31. The van der Waals surface area contributed by atoms with Gasteiger partial charge in [-0.15, -0.1) is 0 Å². The number of nitrogens with zero attached hydrogens (tertiary/aromatic N) is 4. The smallest absolute Gasteiger partial charge is 0.257 e. The Hall–Kier alpha value is -2.41. The van der Waals surface area contributed by atoms with E-state index in [2.05, 4.69) is 40.5 Å². The highest BCUT2D eigenvalue weighted by molar-refractivity contribution is 6.34. The van der Waals surface area contributed by atoms with Crippen molar-refractivity contribution in [2.24, 2.45) is 0 Å². The van der Waals surface area contributed by atoms with Gasteiger partial charge in [0.2, 0.25) is 0 Å². The van der Waals surface area contributed by atoms with Crippen molar-refractivity contribution < 1.29 is 4.79 Å². The van der Waals surface area contributed by atoms with Crippen LogP contribution in [0.3, 0.4) is 0 Å². The van der Waals surface area contributed by atoms with E-state index in [1.165, 1.54) is 0 Å². The third kappa shape index (κ3) is 4.76. The van der Waals surface area contributed by atoms with Gasteiger partial charge < -0.3 is 14.8 Å². The molecule has 1 aliphatic heterocycles. The summed E-state index contributed by atoms with van der Waals surface area (Å²) in [7, 11) is 0. The van der Waals surface area contributed by atoms with Crippen molar-refractivity contribution in [1.29, 1.82) is 0 Å². The zero-order chi connectivity index (χ0) is 22.0. The molecule has 6 nitrogen and oxygen atoms in total. The van der Waals surface area contributed by atoms with Crippen LogP contribution in [0.2, 0.25) is 5.02 Å². The summed E-state index contributed by atoms with van der Waals surface area (Å²) >= 11 is 6.17. The molecule has 0 radical (unpaired) electrons. The fourth-order valence-corrected chi connectivity index (χ4v) is 4.44. The Kier molecular flexibility index (Phi) is 6.60. The van der Waals surface area contributed by atoms with E-state index in [0.717, 1.165) is 56.1 Å². The number of nitrogens with one attached hydrogen (secondary N) is 1. The van der Waals surface area contributed by atoms with Crippen molar-refractivity contribution in [3.8, 4) is 0 Å². The number of carbonyl (C=O) groups is 1. The van der Waals surface area contributed by atoms with E-state index in [0.29, 0.717) is 22.3 Å². The number of amides is 1. The van der Waals surface area contributed by atoms with Crippen molar-refractivity contribution in [2.75, 3.05) is 38.0 Å². The summed E-state index contributed by atoms with van der Waals surface area (Å²) in [5.41, 5.74) is 3.17. The Balaban J connectivity index is 1.57. The van der Waals surface area contributed by atoms with Gasteiger partial charge in [-0.3, -0.25) is 9.69 Å². The first kappa shape index (κ1) is 21.8. The molecule has 1 saturated heterocycles. The summed E-state index contributed by atoms with van der Waals surface area (Å²) in [4.78, 5) is 22.5. The highest BCUT2D eigenvalue weighted by Gasteiger charge is 2.20. The van der Waals surface area contributed by atoms with Gasteiger partial charge in [0.1, 0.15) is 5.82 Å². The van der Waals surface area contributed by atoms with Crippen LogP contribution < -0.4 is 5.32 Å². The van der Waals surface area contributed by atoms with Crippen LogP contribution in [0.15, 0.2) is 42.5 Å². The molecule has 1 aliphatic rings. The van der Waals surface area contributed by atoms with Crippen LogP contribution in [0.5, 0.6) is 0 Å². The minimum Gasteiger partial charge on any atom is -0.324 e. The molecule has 1 amide bonds. The van der Waals surface area contributed by atoms with E-state index in [1.54, 1.807) is 18.2 Å². The predicted octanol–water partition coefficient (Wildman–Crippen LogP) is 4.66. The van der Waals surface area contributed by atoms with Gasteiger partial charge in [-0.25, -0.2) is 4.98 Å². The summed E-state index contributed by atoms with van der Waals surface area (Å²) in [6, 6.07) is 13.3. The molecule has 2 aromatic carbocycles. The lowest BCUT2D eigenvalue weighted by atomic mass is 10.2. The lowest BCUT2D eigenvalue weighted by molar-refractivity contribution is 0.102. The maximum Gasteiger partial charge on any atom is 0.257 e. The van der Waals surface area contributed by atoms with Crippen LogP contribution in [0.1, 0.15) is 43.0 Å². The van der Waals surface area contributed by atoms with E-state index in [9.17, 15) is 4.79 Å². The van der Waals surface area contributed by atoms with E-state index in [-0.39, 0.29) is 5.91 Å². The molecular formula is C24H30ClN5O. The van der Waals surface area contributed by atoms with E-state index in [1.807, 2.05) is 24.3 Å². The van der Waals surface area contributed by atoms with E-state index in [4.69, 9.17) is 16.6 Å². The number of hydrogen-bond donors (Lipinski definition) is 1. The van der Waals surface area contributed by atoms with Gasteiger partial charge in [0, 0.05) is 37.9 Å². The Morgan fingerprint density at radius 3 is 2.48 bits per heavy atom. The minimum atomic E-state index is -0.220. The molecule has 0 spiro atoms. The summed E-state index contributed by atoms with van der Waals surface area (Å²) in [5.74, 6) is 0.854. The second-order valence-corrected chi connectivity index (χ2v) is 8.75. The van der Waals surface area contributed by atoms with Crippen molar-refractivity contribution in [3.63, 3.8) is 0 Å². The largest absolute Gasteiger partial charge is 0.324 e. The minimum absolute atomic E-state index is 0.220. The molecule has 0 atom stereocenters. The molecule has 7 heteroatoms. The lowest BCUT2D eigenvalue weighted by Crippen LogP contribution is -2.45. The Morgan fingerprint density at radius 1 is 1.10 bits per heavy atom. The number of fused-ring (bicyclic) bond motifs is 1. The topological polar surface area (TPSA) is 53.4 Å². The zero-order valence-electron chi connectivity index (χ0n) is 18.4. The molecule has 0 bridgehead atoms. The first-order chi connectivity index (χ1) is 15.0. The van der Waals surface area contributed by atoms with Gasteiger partial charge in [0.25, 0.3) is 5.91 Å². The van der Waals surface area contributed by atoms with Crippen molar-refractivity contribution in [1.82, 2.24) is 19.4 Å². The number of carbonyl (C=O) groups excluding carboxylic acids is 1. The van der Waals surface area contributed by atoms with E-state index < -0.39 is 0 Å². The van der Waals surface area contributed by atoms with Crippen LogP contribution in [0.4, 0.5) is 5.69 Å². The highest BCUT2D eigenvalue weighted by Crippen LogP contribution is 2.26. The monoisotopic (exact) mass is 439 g/mol. The molecule has 4 rings (SSSR count). The highest BCUT2D eigenvalue weighted by atomic mass is 35.5. The van der Waals surface area contributed by atoms with Gasteiger partial charge >= 0.3 is 0 Å². The average molecular weight is 440 g/mol. The molecule has 164 valence electrons. The van der Waals surface area contributed by atoms with Gasteiger partial charge in [-0.1, -0.05) is 30.7 Å². The first-order valence-corrected chi connectivity index (χ1v) is 11.4. The molecule has 3 aromatic rings. The SMILES string of the molecule is CCN1CCN(Cc2nc3cc(NC(=O)c4ccccc4Cl)ccc3n2C(C)C)CC1. The Bertz CT molecular complexity index is 1070. The molecule has 0 saturated carbocycles. The van der Waals surface area contributed by atoms with E-state index >= 15 is 0 Å². The normalized spacial score (nSPS) is 15.6. The predicted molar refractivity (Wildman–Crippen MR) is 127 cm³/mol. The Morgan fingerprint density at radius 2 is 1.81 bits per heavy atom. The van der Waals surface area contributed by atoms with Gasteiger partial charge in [-0.2, -0.15) is 0 Å². The van der Waals surface area contributed by atoms with Crippen molar-refractivity contribution >= 4 is 34.2 Å². The number of halogens is 1. The van der Waals surface area contributed by atoms with Crippen LogP contribution in [0.25, 0.3) is 11.0 Å². The lowest BCUT2D eigenvalue weighted by Gasteiger charge is -2.34. The van der Waals surface area contributed by atoms with Gasteiger partial charge in [0.15, 0.2) is 0 Å². The fraction of sp³-hybridized carbons (Fsp3) is 0.417. The number of benzene rings is 2. The molecule has 0 aliphatic carbocycles. The van der Waals surface area contributed by atoms with Crippen LogP contribution >= 0.6 is 11.6 Å². The number of imidazole rings is 1. The van der Waals surface area contributed by atoms with Crippen LogP contribution in [-0.4, -0.2) is 58.0 Å². The number of piperazine rings is 1. The number of aromatic nitrogens is 2. The molecule has 1 N–H and O–H groups in total. The maximum atomic E-state index is 12.6. The number of anilines is 1. The summed E-state index contributed by atoms with van der Waals surface area (Å²) in [5, 5.41) is 3.39. The molecule has 31 heavy (non-hydrogen) atoms. The second-order valence-electron chi connectivity index (χ2n) is 8.34. The standard InChI is InChI=1S/C24H30ClN5O/c1-4-28-11-13-29(14-12-28)16-23-27-21-15-18(9-10-22(21)30(23)17(2)3)26-24(31)19-7-5-6-8-20(19)25/h5-10,15,17H,4,11-14,16H2,1-3H3,(H,26,31). The van der Waals surface area contributed by atoms with Crippen LogP contribution in [0, 0.1) is 0 Å². The average Bonchev–Trinajstić information content (AvgIpc) is 3.11. The Labute approximate surface area is 188 Å². The first-order valence-electron chi connectivity index (χ1n) is 11.0. The molecule has 1 aromatic heterocycles. The zero-order valence-corrected chi connectivity index (χ0v) is 19.2. The molecule has 1 fully saturated rings. The fourth-order valence-electron chi connectivity index (χ4n) is 4.22. The number of likely N-dealkylation sites (N-methyl/N-ethyl adjacent to an activating group) is 1. The van der Waals surface area contributed by atoms with Crippen molar-refractivity contribution in [2.45, 2.75) is 33.4 Å². The quantitative estimate of drug-likeness (QED) is 0.606.